The van der Waals surface area contributed by atoms with E-state index >= 15 is 4.79 Å². The van der Waals surface area contributed by atoms with Crippen molar-refractivity contribution in [3.05, 3.63) is 83.6 Å². The molecule has 70 heavy (non-hydrogen) atoms. The molecule has 18 heteroatoms. The lowest BCUT2D eigenvalue weighted by molar-refractivity contribution is -0.146. The summed E-state index contributed by atoms with van der Waals surface area (Å²) in [6, 6.07) is 6.14. The number of fused-ring (bicyclic) bond motifs is 1. The third kappa shape index (κ3) is 13.8. The zero-order chi connectivity index (χ0) is 52.3. The van der Waals surface area contributed by atoms with E-state index in [1.165, 1.54) is 33.0 Å². The SMILES string of the molecule is CO[C@H](c1ccccc1)[C@@H]1NC(=O)[C@H](C)NC(=O)[C@H](C[C@@H](C)CO)N(C)C(=O)[C@H]([C@H](O)c2cn(C)c3ccccc23)NC(=O)[C@H]([C@H](C)C=C(C)C)NC(=O)[C@H](CC(C)C)N(C)C(=O)[C@H](C(C)C)NC1=O. The van der Waals surface area contributed by atoms with Gasteiger partial charge in [-0.2, -0.15) is 0 Å². The summed E-state index contributed by atoms with van der Waals surface area (Å²) in [5.74, 6) is -7.40. The highest BCUT2D eigenvalue weighted by molar-refractivity contribution is 5.99. The van der Waals surface area contributed by atoms with Crippen LogP contribution in [0.3, 0.4) is 0 Å². The molecule has 0 spiro atoms. The minimum Gasteiger partial charge on any atom is -0.396 e. The summed E-state index contributed by atoms with van der Waals surface area (Å²) in [4.78, 5) is 105. The average molecular weight is 973 g/mol. The van der Waals surface area contributed by atoms with Crippen molar-refractivity contribution in [3.8, 4) is 0 Å². The monoisotopic (exact) mass is 973 g/mol. The molecule has 0 aliphatic carbocycles. The first kappa shape index (κ1) is 56.5. The van der Waals surface area contributed by atoms with Crippen LogP contribution in [0.2, 0.25) is 0 Å². The molecule has 1 aliphatic rings. The summed E-state index contributed by atoms with van der Waals surface area (Å²) in [6.07, 6.45) is 0.654. The molecule has 0 unspecified atom stereocenters. The summed E-state index contributed by atoms with van der Waals surface area (Å²) in [6.45, 7) is 15.3. The van der Waals surface area contributed by atoms with Crippen molar-refractivity contribution in [3.63, 3.8) is 0 Å². The van der Waals surface area contributed by atoms with Crippen LogP contribution in [0.4, 0.5) is 0 Å². The number of ether oxygens (including phenoxy) is 1. The van der Waals surface area contributed by atoms with Gasteiger partial charge in [-0.05, 0) is 63.0 Å². The van der Waals surface area contributed by atoms with Crippen LogP contribution in [0.5, 0.6) is 0 Å². The van der Waals surface area contributed by atoms with E-state index in [1.807, 2.05) is 39.8 Å². The maximum Gasteiger partial charge on any atom is 0.248 e. The number of amides is 7. The summed E-state index contributed by atoms with van der Waals surface area (Å²) < 4.78 is 7.62. The van der Waals surface area contributed by atoms with Gasteiger partial charge in [-0.15, -0.1) is 0 Å². The van der Waals surface area contributed by atoms with Gasteiger partial charge in [0.1, 0.15) is 54.5 Å². The highest BCUT2D eigenvalue weighted by atomic mass is 16.5. The van der Waals surface area contributed by atoms with E-state index in [4.69, 9.17) is 4.74 Å². The van der Waals surface area contributed by atoms with Crippen LogP contribution < -0.4 is 26.6 Å². The van der Waals surface area contributed by atoms with Gasteiger partial charge in [0.25, 0.3) is 0 Å². The zero-order valence-corrected chi connectivity index (χ0v) is 43.0. The van der Waals surface area contributed by atoms with E-state index in [9.17, 15) is 39.0 Å². The molecule has 11 atom stereocenters. The molecular formula is C52H76N8O10. The molecule has 0 radical (unpaired) electrons. The number of aryl methyl sites for hydroxylation is 1. The second-order valence-corrected chi connectivity index (χ2v) is 19.8. The fourth-order valence-corrected chi connectivity index (χ4v) is 8.94. The van der Waals surface area contributed by atoms with Crippen molar-refractivity contribution in [2.75, 3.05) is 27.8 Å². The van der Waals surface area contributed by atoms with Crippen LogP contribution >= 0.6 is 0 Å². The van der Waals surface area contributed by atoms with Gasteiger partial charge in [-0.3, -0.25) is 33.6 Å². The molecular weight excluding hydrogens is 897 g/mol. The fourth-order valence-electron chi connectivity index (χ4n) is 8.94. The van der Waals surface area contributed by atoms with Crippen LogP contribution in [-0.4, -0.2) is 136 Å². The number of rotatable bonds is 13. The molecule has 0 saturated carbocycles. The van der Waals surface area contributed by atoms with Gasteiger partial charge in [-0.1, -0.05) is 102 Å². The standard InChI is InChI=1S/C52H76N8O10/c1-28(2)23-32(8)41-49(66)56-42(44(62)36-26-58(10)37-22-18-17-21-35(36)37)52(69)60(12)39(25-31(7)27-61)47(64)53-33(9)46(63)57-43(45(70-13)34-19-15-14-16-20-34)50(67)54-40(30(5)6)51(68)59(11)38(24-29(3)4)48(65)55-41/h14-23,26,29-33,38-45,61-62H,24-25,27H2,1-13H3,(H,53,64)(H,54,67)(H,55,65)(H,56,66)(H,57,63)/t31-,32-,33+,38+,39+,40+,41+,42+,43+,44-,45-/m1/s1. The van der Waals surface area contributed by atoms with Gasteiger partial charge >= 0.3 is 0 Å². The van der Waals surface area contributed by atoms with Crippen molar-refractivity contribution in [1.29, 1.82) is 0 Å². The van der Waals surface area contributed by atoms with E-state index in [-0.39, 0.29) is 25.4 Å². The highest BCUT2D eigenvalue weighted by Gasteiger charge is 2.43. The van der Waals surface area contributed by atoms with Crippen molar-refractivity contribution in [2.45, 2.75) is 130 Å². The molecule has 384 valence electrons. The normalized spacial score (nSPS) is 24.8. The molecule has 1 saturated heterocycles. The van der Waals surface area contributed by atoms with E-state index in [0.717, 1.165) is 16.0 Å². The largest absolute Gasteiger partial charge is 0.396 e. The summed E-state index contributed by atoms with van der Waals surface area (Å²) in [5.41, 5.74) is 2.36. The number of methoxy groups -OCH3 is 1. The molecule has 7 N–H and O–H groups in total. The third-order valence-corrected chi connectivity index (χ3v) is 12.9. The Hall–Kier alpha value is -6.11. The first-order valence-electron chi connectivity index (χ1n) is 24.0. The van der Waals surface area contributed by atoms with Crippen LogP contribution in [0.15, 0.2) is 72.4 Å². The fraction of sp³-hybridized carbons (Fsp3) is 0.558. The Balaban J connectivity index is 1.98. The number of para-hydroxylation sites is 1. The van der Waals surface area contributed by atoms with E-state index in [2.05, 4.69) is 26.6 Å². The number of likely N-dealkylation sites (N-methyl/N-ethyl adjacent to an activating group) is 2. The Morgan fingerprint density at radius 2 is 1.19 bits per heavy atom. The van der Waals surface area contributed by atoms with Gasteiger partial charge in [0.2, 0.25) is 41.4 Å². The first-order chi connectivity index (χ1) is 32.9. The van der Waals surface area contributed by atoms with E-state index in [1.54, 1.807) is 94.0 Å². The van der Waals surface area contributed by atoms with Crippen LogP contribution in [0.25, 0.3) is 10.9 Å². The van der Waals surface area contributed by atoms with Gasteiger partial charge in [0.05, 0.1) is 0 Å². The highest BCUT2D eigenvalue weighted by Crippen LogP contribution is 2.30. The molecule has 4 rings (SSSR count). The zero-order valence-electron chi connectivity index (χ0n) is 43.0. The number of nitrogens with one attached hydrogen (secondary N) is 5. The van der Waals surface area contributed by atoms with Gasteiger partial charge in [-0.25, -0.2) is 0 Å². The summed E-state index contributed by atoms with van der Waals surface area (Å²) in [5, 5.41) is 37.1. The molecule has 1 aromatic heterocycles. The Morgan fingerprint density at radius 3 is 1.76 bits per heavy atom. The molecule has 1 aliphatic heterocycles. The summed E-state index contributed by atoms with van der Waals surface area (Å²) >= 11 is 0. The molecule has 1 fully saturated rings. The number of hydrogen-bond donors (Lipinski definition) is 7. The maximum absolute atomic E-state index is 15.1. The average Bonchev–Trinajstić information content (AvgIpc) is 3.66. The number of carbonyl (C=O) groups excluding carboxylic acids is 7. The van der Waals surface area contributed by atoms with E-state index in [0.29, 0.717) is 16.5 Å². The van der Waals surface area contributed by atoms with Gasteiger partial charge in [0.15, 0.2) is 0 Å². The van der Waals surface area contributed by atoms with Crippen LogP contribution in [0, 0.1) is 23.7 Å². The maximum atomic E-state index is 15.1. The molecule has 0 bridgehead atoms. The van der Waals surface area contributed by atoms with Crippen molar-refractivity contribution in [1.82, 2.24) is 41.0 Å². The molecule has 3 aromatic rings. The van der Waals surface area contributed by atoms with E-state index < -0.39 is 114 Å². The lowest BCUT2D eigenvalue weighted by Crippen LogP contribution is -2.62. The smallest absolute Gasteiger partial charge is 0.248 e. The third-order valence-electron chi connectivity index (χ3n) is 12.9. The number of hydrogen-bond acceptors (Lipinski definition) is 10. The predicted molar refractivity (Wildman–Crippen MR) is 266 cm³/mol. The molecule has 2 heterocycles. The number of aromatic nitrogens is 1. The second-order valence-electron chi connectivity index (χ2n) is 19.8. The number of aliphatic hydroxyl groups excluding tert-OH is 2. The van der Waals surface area contributed by atoms with Gasteiger partial charge < -0.3 is 55.9 Å². The lowest BCUT2D eigenvalue weighted by atomic mass is 9.94. The Morgan fingerprint density at radius 1 is 0.671 bits per heavy atom. The number of nitrogens with zero attached hydrogens (tertiary/aromatic N) is 3. The number of allylic oxidation sites excluding steroid dienone is 1. The van der Waals surface area contributed by atoms with Crippen molar-refractivity contribution in [2.24, 2.45) is 30.7 Å². The molecule has 2 aromatic carbocycles. The number of carbonyl (C=O) groups is 7. The topological polar surface area (TPSA) is 241 Å². The lowest BCUT2D eigenvalue weighted by Gasteiger charge is -2.36. The quantitative estimate of drug-likeness (QED) is 0.124. The minimum atomic E-state index is -1.76. The Labute approximate surface area is 412 Å². The summed E-state index contributed by atoms with van der Waals surface area (Å²) in [7, 11) is 5.91. The van der Waals surface area contributed by atoms with Crippen LogP contribution in [0.1, 0.15) is 98.5 Å². The Kier molecular flexibility index (Phi) is 20.3. The minimum absolute atomic E-state index is 0.111. The first-order valence-corrected chi connectivity index (χ1v) is 24.0. The van der Waals surface area contributed by atoms with Crippen molar-refractivity contribution >= 4 is 52.3 Å². The van der Waals surface area contributed by atoms with Gasteiger partial charge in [0, 0.05) is 63.4 Å². The van der Waals surface area contributed by atoms with Crippen molar-refractivity contribution < 1.29 is 48.5 Å². The number of aliphatic hydroxyl groups is 2. The number of benzene rings is 2. The molecule has 7 amide bonds. The predicted octanol–water partition coefficient (Wildman–Crippen LogP) is 3.03. The Bertz CT molecular complexity index is 2350. The van der Waals surface area contributed by atoms with Crippen LogP contribution in [-0.2, 0) is 45.3 Å². The molecule has 18 nitrogen and oxygen atoms in total. The second kappa shape index (κ2) is 25.1.